The van der Waals surface area contributed by atoms with Crippen molar-refractivity contribution in [3.63, 3.8) is 0 Å². The van der Waals surface area contributed by atoms with Gasteiger partial charge in [-0.25, -0.2) is 13.8 Å². The predicted molar refractivity (Wildman–Crippen MR) is 101 cm³/mol. The Bertz CT molecular complexity index is 830. The second-order valence-electron chi connectivity index (χ2n) is 7.40. The summed E-state index contributed by atoms with van der Waals surface area (Å²) < 4.78 is 35.9. The summed E-state index contributed by atoms with van der Waals surface area (Å²) in [6.45, 7) is 4.83. The maximum Gasteiger partial charge on any atom is 0.132 e. The van der Waals surface area contributed by atoms with Gasteiger partial charge in [0, 0.05) is 36.2 Å². The van der Waals surface area contributed by atoms with Gasteiger partial charge in [0.1, 0.15) is 17.2 Å². The molecule has 2 aromatic rings. The fourth-order valence-electron chi connectivity index (χ4n) is 3.45. The van der Waals surface area contributed by atoms with E-state index in [-0.39, 0.29) is 5.92 Å². The Kier molecular flexibility index (Phi) is 5.85. The van der Waals surface area contributed by atoms with Crippen LogP contribution in [0.4, 0.5) is 8.78 Å². The number of allylic oxidation sites excluding steroid dienone is 1. The number of imidazole rings is 1. The maximum atomic E-state index is 14.6. The summed E-state index contributed by atoms with van der Waals surface area (Å²) in [5, 5.41) is 7.95. The minimum Gasteiger partial charge on any atom is -0.364 e. The molecule has 1 saturated heterocycles. The van der Waals surface area contributed by atoms with Crippen molar-refractivity contribution in [2.45, 2.75) is 45.3 Å². The molecule has 0 unspecified atom stereocenters. The number of benzene rings is 1. The van der Waals surface area contributed by atoms with Crippen molar-refractivity contribution >= 4 is 5.71 Å². The first-order chi connectivity index (χ1) is 12.9. The normalized spacial score (nSPS) is 21.3. The topological polar surface area (TPSA) is 50.9 Å². The van der Waals surface area contributed by atoms with Crippen LogP contribution in [0.15, 0.2) is 48.6 Å². The molecule has 1 aliphatic heterocycles. The number of nitrogens with one attached hydrogen (secondary N) is 1. The van der Waals surface area contributed by atoms with E-state index in [2.05, 4.69) is 11.1 Å². The molecule has 1 aromatic carbocycles. The molecular formula is C21H25F2N3O. The van der Waals surface area contributed by atoms with Gasteiger partial charge in [-0.15, -0.1) is 0 Å². The fraction of sp³-hybridized carbons (Fsp3) is 0.429. The third-order valence-corrected chi connectivity index (χ3v) is 5.01. The SMILES string of the molecule is CC(C)C(=N)CC/C=C1\CO[C@@](Cn2ccnc2)(c2ccc(F)cc2F)C1. The Hall–Kier alpha value is -2.34. The van der Waals surface area contributed by atoms with Gasteiger partial charge >= 0.3 is 0 Å². The second-order valence-corrected chi connectivity index (χ2v) is 7.40. The van der Waals surface area contributed by atoms with Crippen LogP contribution < -0.4 is 0 Å². The van der Waals surface area contributed by atoms with Crippen LogP contribution >= 0.6 is 0 Å². The second kappa shape index (κ2) is 8.13. The van der Waals surface area contributed by atoms with Crippen LogP contribution in [0.25, 0.3) is 0 Å². The summed E-state index contributed by atoms with van der Waals surface area (Å²) in [6.07, 6.45) is 9.23. The molecule has 1 atom stereocenters. The van der Waals surface area contributed by atoms with Crippen LogP contribution in [0, 0.1) is 23.0 Å². The van der Waals surface area contributed by atoms with E-state index in [1.54, 1.807) is 18.7 Å². The van der Waals surface area contributed by atoms with Crippen molar-refractivity contribution in [2.24, 2.45) is 5.92 Å². The molecule has 0 amide bonds. The maximum absolute atomic E-state index is 14.6. The fourth-order valence-corrected chi connectivity index (χ4v) is 3.45. The molecule has 1 aliphatic rings. The number of hydrogen-bond donors (Lipinski definition) is 1. The van der Waals surface area contributed by atoms with Crippen LogP contribution in [0.5, 0.6) is 0 Å². The summed E-state index contributed by atoms with van der Waals surface area (Å²) in [4.78, 5) is 4.05. The molecule has 0 bridgehead atoms. The largest absolute Gasteiger partial charge is 0.364 e. The van der Waals surface area contributed by atoms with E-state index in [4.69, 9.17) is 10.1 Å². The molecule has 144 valence electrons. The summed E-state index contributed by atoms with van der Waals surface area (Å²) in [5.41, 5.74) is 1.27. The van der Waals surface area contributed by atoms with Crippen LogP contribution in [0.2, 0.25) is 0 Å². The number of ether oxygens (including phenoxy) is 1. The molecule has 6 heteroatoms. The highest BCUT2D eigenvalue weighted by Gasteiger charge is 2.41. The van der Waals surface area contributed by atoms with Gasteiger partial charge in [-0.05, 0) is 30.4 Å². The van der Waals surface area contributed by atoms with E-state index in [9.17, 15) is 8.78 Å². The number of nitrogens with zero attached hydrogens (tertiary/aromatic N) is 2. The molecule has 4 nitrogen and oxygen atoms in total. The van der Waals surface area contributed by atoms with Crippen molar-refractivity contribution in [2.75, 3.05) is 6.61 Å². The lowest BCUT2D eigenvalue weighted by Gasteiger charge is -2.29. The molecule has 27 heavy (non-hydrogen) atoms. The van der Waals surface area contributed by atoms with Gasteiger partial charge in [-0.2, -0.15) is 0 Å². The van der Waals surface area contributed by atoms with Crippen LogP contribution in [-0.4, -0.2) is 21.9 Å². The Morgan fingerprint density at radius 1 is 1.41 bits per heavy atom. The average Bonchev–Trinajstić information content (AvgIpc) is 3.25. The van der Waals surface area contributed by atoms with Crippen LogP contribution in [0.3, 0.4) is 0 Å². The summed E-state index contributed by atoms with van der Waals surface area (Å²) in [6, 6.07) is 3.64. The van der Waals surface area contributed by atoms with Gasteiger partial charge in [0.15, 0.2) is 0 Å². The third kappa shape index (κ3) is 4.50. The minimum atomic E-state index is -0.893. The van der Waals surface area contributed by atoms with Gasteiger partial charge in [0.2, 0.25) is 0 Å². The molecule has 3 rings (SSSR count). The molecule has 1 fully saturated rings. The zero-order chi connectivity index (χ0) is 19.4. The van der Waals surface area contributed by atoms with Crippen LogP contribution in [-0.2, 0) is 16.9 Å². The standard InChI is InChI=1S/C21H25F2N3O/c1-15(2)20(24)5-3-4-16-11-21(27-12-16,13-26-9-8-25-14-26)18-7-6-17(22)10-19(18)23/h4,6-10,14-15,24H,3,5,11-13H2,1-2H3/b16-4-,24-20?/t21-/m0/s1. The zero-order valence-electron chi connectivity index (χ0n) is 15.7. The molecule has 0 radical (unpaired) electrons. The Labute approximate surface area is 158 Å². The molecule has 0 spiro atoms. The van der Waals surface area contributed by atoms with Crippen molar-refractivity contribution in [3.05, 3.63) is 65.8 Å². The number of halogens is 2. The Morgan fingerprint density at radius 3 is 2.89 bits per heavy atom. The summed E-state index contributed by atoms with van der Waals surface area (Å²) in [7, 11) is 0. The van der Waals surface area contributed by atoms with E-state index in [0.29, 0.717) is 31.6 Å². The predicted octanol–water partition coefficient (Wildman–Crippen LogP) is 4.86. The average molecular weight is 373 g/mol. The van der Waals surface area contributed by atoms with Gasteiger partial charge in [-0.1, -0.05) is 26.0 Å². The highest BCUT2D eigenvalue weighted by Crippen LogP contribution is 2.41. The first-order valence-electron chi connectivity index (χ1n) is 9.20. The molecule has 1 aromatic heterocycles. The van der Waals surface area contributed by atoms with Crippen molar-refractivity contribution in [1.29, 1.82) is 5.41 Å². The highest BCUT2D eigenvalue weighted by atomic mass is 19.1. The Morgan fingerprint density at radius 2 is 2.22 bits per heavy atom. The monoisotopic (exact) mass is 373 g/mol. The lowest BCUT2D eigenvalue weighted by atomic mass is 9.88. The van der Waals surface area contributed by atoms with E-state index in [0.717, 1.165) is 23.8 Å². The van der Waals surface area contributed by atoms with E-state index >= 15 is 0 Å². The van der Waals surface area contributed by atoms with Crippen LogP contribution in [0.1, 0.15) is 38.7 Å². The van der Waals surface area contributed by atoms with E-state index in [1.807, 2.05) is 18.4 Å². The summed E-state index contributed by atoms with van der Waals surface area (Å²) >= 11 is 0. The molecule has 2 heterocycles. The number of rotatable bonds is 7. The van der Waals surface area contributed by atoms with Gasteiger partial charge < -0.3 is 14.7 Å². The van der Waals surface area contributed by atoms with Crippen molar-refractivity contribution < 1.29 is 13.5 Å². The van der Waals surface area contributed by atoms with E-state index in [1.165, 1.54) is 12.1 Å². The first kappa shape index (κ1) is 19.4. The minimum absolute atomic E-state index is 0.247. The Balaban J connectivity index is 1.83. The first-order valence-corrected chi connectivity index (χ1v) is 9.20. The van der Waals surface area contributed by atoms with Crippen molar-refractivity contribution in [3.8, 4) is 0 Å². The molecule has 0 aliphatic carbocycles. The smallest absolute Gasteiger partial charge is 0.132 e. The number of aromatic nitrogens is 2. The highest BCUT2D eigenvalue weighted by molar-refractivity contribution is 5.83. The molecule has 0 saturated carbocycles. The molecule has 1 N–H and O–H groups in total. The van der Waals surface area contributed by atoms with Crippen molar-refractivity contribution in [1.82, 2.24) is 9.55 Å². The quantitative estimate of drug-likeness (QED) is 0.557. The van der Waals surface area contributed by atoms with Gasteiger partial charge in [-0.3, -0.25) is 0 Å². The lowest BCUT2D eigenvalue weighted by molar-refractivity contribution is -0.0166. The zero-order valence-corrected chi connectivity index (χ0v) is 15.7. The van der Waals surface area contributed by atoms with E-state index < -0.39 is 17.2 Å². The third-order valence-electron chi connectivity index (χ3n) is 5.01. The summed E-state index contributed by atoms with van der Waals surface area (Å²) in [5.74, 6) is -0.954. The lowest BCUT2D eigenvalue weighted by Crippen LogP contribution is -2.31. The van der Waals surface area contributed by atoms with Gasteiger partial charge in [0.05, 0.1) is 19.5 Å². The molecular weight excluding hydrogens is 348 g/mol. The number of hydrogen-bond acceptors (Lipinski definition) is 3. The van der Waals surface area contributed by atoms with Gasteiger partial charge in [0.25, 0.3) is 0 Å².